The molecule has 0 bridgehead atoms. The summed E-state index contributed by atoms with van der Waals surface area (Å²) in [5, 5.41) is 5.35. The van der Waals surface area contributed by atoms with E-state index in [1.54, 1.807) is 0 Å². The van der Waals surface area contributed by atoms with Gasteiger partial charge in [-0.3, -0.25) is 0 Å². The summed E-state index contributed by atoms with van der Waals surface area (Å²) in [6.07, 6.45) is 0. The van der Waals surface area contributed by atoms with Gasteiger partial charge in [0.2, 0.25) is 0 Å². The molecule has 0 aliphatic heterocycles. The van der Waals surface area contributed by atoms with Gasteiger partial charge in [0.05, 0.1) is 0 Å². The Bertz CT molecular complexity index is 205. The van der Waals surface area contributed by atoms with Crippen LogP contribution in [-0.4, -0.2) is 7.05 Å². The van der Waals surface area contributed by atoms with Crippen molar-refractivity contribution >= 4 is 11.3 Å². The first-order valence-electron chi connectivity index (χ1n) is 3.47. The summed E-state index contributed by atoms with van der Waals surface area (Å²) in [6.45, 7) is 4.34. The van der Waals surface area contributed by atoms with Crippen molar-refractivity contribution in [2.24, 2.45) is 0 Å². The molecule has 1 rings (SSSR count). The van der Waals surface area contributed by atoms with E-state index in [-0.39, 0.29) is 0 Å². The lowest BCUT2D eigenvalue weighted by Gasteiger charge is -2.08. The minimum absolute atomic E-state index is 0.492. The van der Waals surface area contributed by atoms with Crippen LogP contribution in [0.5, 0.6) is 0 Å². The fraction of sp³-hybridized carbons (Fsp3) is 0.500. The van der Waals surface area contributed by atoms with E-state index in [2.05, 4.69) is 30.6 Å². The molecule has 0 amide bonds. The standard InChI is InChI=1S/C8H13NS/c1-6(9-3)8-4-5-10-7(8)2/h4-6,9H,1-3H3. The molecule has 0 saturated heterocycles. The van der Waals surface area contributed by atoms with Crippen molar-refractivity contribution < 1.29 is 0 Å². The van der Waals surface area contributed by atoms with Crippen molar-refractivity contribution in [2.75, 3.05) is 7.05 Å². The van der Waals surface area contributed by atoms with E-state index < -0.39 is 0 Å². The lowest BCUT2D eigenvalue weighted by atomic mass is 10.1. The minimum atomic E-state index is 0.492. The van der Waals surface area contributed by atoms with Crippen molar-refractivity contribution in [3.8, 4) is 0 Å². The van der Waals surface area contributed by atoms with E-state index in [1.807, 2.05) is 18.4 Å². The summed E-state index contributed by atoms with van der Waals surface area (Å²) in [4.78, 5) is 1.42. The first-order chi connectivity index (χ1) is 4.75. The molecule has 0 aliphatic rings. The van der Waals surface area contributed by atoms with E-state index in [0.29, 0.717) is 6.04 Å². The number of thiophene rings is 1. The second-order valence-electron chi connectivity index (χ2n) is 2.44. The van der Waals surface area contributed by atoms with E-state index in [4.69, 9.17) is 0 Å². The van der Waals surface area contributed by atoms with Crippen molar-refractivity contribution in [3.05, 3.63) is 21.9 Å². The Labute approximate surface area is 66.1 Å². The van der Waals surface area contributed by atoms with Crippen molar-refractivity contribution in [2.45, 2.75) is 19.9 Å². The van der Waals surface area contributed by atoms with Crippen LogP contribution in [0.4, 0.5) is 0 Å². The van der Waals surface area contributed by atoms with Crippen LogP contribution in [0, 0.1) is 6.92 Å². The zero-order valence-electron chi connectivity index (χ0n) is 6.64. The zero-order chi connectivity index (χ0) is 7.56. The van der Waals surface area contributed by atoms with Crippen molar-refractivity contribution in [1.82, 2.24) is 5.32 Å². The highest BCUT2D eigenvalue weighted by atomic mass is 32.1. The van der Waals surface area contributed by atoms with Gasteiger partial charge in [0.1, 0.15) is 0 Å². The van der Waals surface area contributed by atoms with Crippen LogP contribution in [0.15, 0.2) is 11.4 Å². The molecule has 0 aromatic carbocycles. The Morgan fingerprint density at radius 2 is 2.30 bits per heavy atom. The third-order valence-corrected chi connectivity index (χ3v) is 2.66. The smallest absolute Gasteiger partial charge is 0.0299 e. The fourth-order valence-electron chi connectivity index (χ4n) is 1.000. The molecule has 10 heavy (non-hydrogen) atoms. The van der Waals surface area contributed by atoms with Gasteiger partial charge >= 0.3 is 0 Å². The predicted molar refractivity (Wildman–Crippen MR) is 46.5 cm³/mol. The molecule has 0 radical (unpaired) electrons. The molecule has 0 aliphatic carbocycles. The molecule has 1 N–H and O–H groups in total. The third-order valence-electron chi connectivity index (χ3n) is 1.80. The Balaban J connectivity index is 2.82. The second-order valence-corrected chi connectivity index (χ2v) is 3.56. The van der Waals surface area contributed by atoms with Crippen LogP contribution in [0.2, 0.25) is 0 Å². The maximum absolute atomic E-state index is 3.21. The Hall–Kier alpha value is -0.340. The number of rotatable bonds is 2. The summed E-state index contributed by atoms with van der Waals surface area (Å²) in [7, 11) is 1.99. The molecule has 0 spiro atoms. The van der Waals surface area contributed by atoms with Gasteiger partial charge in [0.15, 0.2) is 0 Å². The molecule has 1 nitrogen and oxygen atoms in total. The van der Waals surface area contributed by atoms with Crippen LogP contribution in [0.1, 0.15) is 23.4 Å². The summed E-state index contributed by atoms with van der Waals surface area (Å²) in [5.74, 6) is 0. The number of hydrogen-bond acceptors (Lipinski definition) is 2. The molecule has 2 heteroatoms. The van der Waals surface area contributed by atoms with Gasteiger partial charge in [-0.2, -0.15) is 0 Å². The molecular formula is C8H13NS. The van der Waals surface area contributed by atoms with Crippen LogP contribution in [0.3, 0.4) is 0 Å². The zero-order valence-corrected chi connectivity index (χ0v) is 7.46. The summed E-state index contributed by atoms with van der Waals surface area (Å²) >= 11 is 1.81. The summed E-state index contributed by atoms with van der Waals surface area (Å²) in [6, 6.07) is 2.67. The van der Waals surface area contributed by atoms with Crippen LogP contribution in [0.25, 0.3) is 0 Å². The van der Waals surface area contributed by atoms with Gasteiger partial charge in [0.25, 0.3) is 0 Å². The number of hydrogen-bond donors (Lipinski definition) is 1. The summed E-state index contributed by atoms with van der Waals surface area (Å²) in [5.41, 5.74) is 1.42. The fourth-order valence-corrected chi connectivity index (χ4v) is 1.80. The Morgan fingerprint density at radius 3 is 2.70 bits per heavy atom. The molecule has 0 saturated carbocycles. The Kier molecular flexibility index (Phi) is 2.46. The van der Waals surface area contributed by atoms with Gasteiger partial charge in [-0.1, -0.05) is 0 Å². The lowest BCUT2D eigenvalue weighted by molar-refractivity contribution is 0.651. The molecule has 1 atom stereocenters. The van der Waals surface area contributed by atoms with E-state index in [0.717, 1.165) is 0 Å². The van der Waals surface area contributed by atoms with Crippen molar-refractivity contribution in [1.29, 1.82) is 0 Å². The monoisotopic (exact) mass is 155 g/mol. The lowest BCUT2D eigenvalue weighted by Crippen LogP contribution is -2.11. The number of aryl methyl sites for hydroxylation is 1. The van der Waals surface area contributed by atoms with Gasteiger partial charge in [-0.15, -0.1) is 11.3 Å². The Morgan fingerprint density at radius 1 is 1.60 bits per heavy atom. The first-order valence-corrected chi connectivity index (χ1v) is 4.35. The van der Waals surface area contributed by atoms with E-state index >= 15 is 0 Å². The van der Waals surface area contributed by atoms with E-state index in [9.17, 15) is 0 Å². The minimum Gasteiger partial charge on any atom is -0.313 e. The number of nitrogens with one attached hydrogen (secondary N) is 1. The van der Waals surface area contributed by atoms with Gasteiger partial charge in [-0.05, 0) is 37.9 Å². The SMILES string of the molecule is CNC(C)c1ccsc1C. The average molecular weight is 155 g/mol. The second kappa shape index (κ2) is 3.17. The molecule has 1 aromatic heterocycles. The average Bonchev–Trinajstić information content (AvgIpc) is 2.34. The molecule has 1 heterocycles. The quantitative estimate of drug-likeness (QED) is 0.691. The van der Waals surface area contributed by atoms with Crippen LogP contribution in [-0.2, 0) is 0 Å². The maximum atomic E-state index is 3.21. The first kappa shape index (κ1) is 7.76. The van der Waals surface area contributed by atoms with Crippen molar-refractivity contribution in [3.63, 3.8) is 0 Å². The highest BCUT2D eigenvalue weighted by molar-refractivity contribution is 7.10. The topological polar surface area (TPSA) is 12.0 Å². The van der Waals surface area contributed by atoms with Gasteiger partial charge in [-0.25, -0.2) is 0 Å². The largest absolute Gasteiger partial charge is 0.313 e. The van der Waals surface area contributed by atoms with Crippen LogP contribution < -0.4 is 5.32 Å². The van der Waals surface area contributed by atoms with Gasteiger partial charge < -0.3 is 5.32 Å². The highest BCUT2D eigenvalue weighted by Crippen LogP contribution is 2.21. The van der Waals surface area contributed by atoms with E-state index in [1.165, 1.54) is 10.4 Å². The molecule has 0 fully saturated rings. The predicted octanol–water partition coefficient (Wildman–Crippen LogP) is 2.34. The normalized spacial score (nSPS) is 13.5. The van der Waals surface area contributed by atoms with Crippen LogP contribution >= 0.6 is 11.3 Å². The highest BCUT2D eigenvalue weighted by Gasteiger charge is 2.05. The molecule has 1 aromatic rings. The van der Waals surface area contributed by atoms with Gasteiger partial charge in [0, 0.05) is 10.9 Å². The summed E-state index contributed by atoms with van der Waals surface area (Å²) < 4.78 is 0. The maximum Gasteiger partial charge on any atom is 0.0299 e. The molecule has 56 valence electrons. The molecular weight excluding hydrogens is 142 g/mol. The third kappa shape index (κ3) is 1.39. The molecule has 1 unspecified atom stereocenters.